The summed E-state index contributed by atoms with van der Waals surface area (Å²) in [5.41, 5.74) is 1.37. The van der Waals surface area contributed by atoms with E-state index in [1.54, 1.807) is 22.9 Å². The molecule has 0 radical (unpaired) electrons. The number of hydrogen-bond donors (Lipinski definition) is 1. The Morgan fingerprint density at radius 1 is 1.26 bits per heavy atom. The number of rotatable bonds is 6. The highest BCUT2D eigenvalue weighted by Crippen LogP contribution is 2.37. The van der Waals surface area contributed by atoms with Gasteiger partial charge in [0.2, 0.25) is 0 Å². The van der Waals surface area contributed by atoms with Crippen molar-refractivity contribution in [3.8, 4) is 11.4 Å². The zero-order chi connectivity index (χ0) is 18.8. The number of nitrogens with zero attached hydrogens (tertiary/aromatic N) is 5. The maximum Gasteiger partial charge on any atom is 0.290 e. The summed E-state index contributed by atoms with van der Waals surface area (Å²) in [5.74, 6) is -2.54. The fourth-order valence-electron chi connectivity index (χ4n) is 2.63. The van der Waals surface area contributed by atoms with Gasteiger partial charge in [0, 0.05) is 17.4 Å². The molecule has 0 spiro atoms. The van der Waals surface area contributed by atoms with Crippen LogP contribution in [-0.4, -0.2) is 36.9 Å². The molecular formula is C17H14F2N6OS. The number of benzene rings is 1. The van der Waals surface area contributed by atoms with Gasteiger partial charge in [-0.05, 0) is 59.3 Å². The van der Waals surface area contributed by atoms with Crippen LogP contribution in [0.25, 0.3) is 11.4 Å². The molecular weight excluding hydrogens is 374 g/mol. The number of halogens is 2. The molecule has 3 aromatic rings. The Bertz CT molecular complexity index is 975. The number of pyridine rings is 1. The summed E-state index contributed by atoms with van der Waals surface area (Å²) in [5, 5.41) is 14.5. The quantitative estimate of drug-likeness (QED) is 0.649. The van der Waals surface area contributed by atoms with Crippen molar-refractivity contribution in [2.24, 2.45) is 0 Å². The fourth-order valence-corrected chi connectivity index (χ4v) is 3.20. The summed E-state index contributed by atoms with van der Waals surface area (Å²) in [7, 11) is 0. The second-order valence-electron chi connectivity index (χ2n) is 5.95. The van der Waals surface area contributed by atoms with Gasteiger partial charge in [0.05, 0.1) is 11.6 Å². The Labute approximate surface area is 157 Å². The number of hydrogen-bond acceptors (Lipinski definition) is 6. The van der Waals surface area contributed by atoms with Crippen LogP contribution in [0.5, 0.6) is 0 Å². The van der Waals surface area contributed by atoms with Crippen molar-refractivity contribution in [2.75, 3.05) is 5.32 Å². The monoisotopic (exact) mass is 388 g/mol. The number of alkyl halides is 2. The third-order valence-electron chi connectivity index (χ3n) is 3.98. The molecule has 1 aliphatic carbocycles. The zero-order valence-electron chi connectivity index (χ0n) is 13.9. The van der Waals surface area contributed by atoms with E-state index in [2.05, 4.69) is 25.8 Å². The lowest BCUT2D eigenvalue weighted by molar-refractivity contribution is 0.102. The predicted molar refractivity (Wildman–Crippen MR) is 95.6 cm³/mol. The molecule has 1 N–H and O–H groups in total. The minimum absolute atomic E-state index is 0.0150. The molecule has 1 fully saturated rings. The average Bonchev–Trinajstić information content (AvgIpc) is 3.38. The molecule has 1 aromatic carbocycles. The number of tetrazole rings is 1. The highest BCUT2D eigenvalue weighted by molar-refractivity contribution is 7.99. The summed E-state index contributed by atoms with van der Waals surface area (Å²) < 4.78 is 27.1. The molecule has 0 bridgehead atoms. The van der Waals surface area contributed by atoms with Gasteiger partial charge in [-0.2, -0.15) is 8.78 Å². The highest BCUT2D eigenvalue weighted by Gasteiger charge is 2.28. The van der Waals surface area contributed by atoms with Crippen LogP contribution >= 0.6 is 11.8 Å². The highest BCUT2D eigenvalue weighted by atomic mass is 32.2. The Morgan fingerprint density at radius 2 is 2.11 bits per heavy atom. The number of thioether (sulfide) groups is 1. The van der Waals surface area contributed by atoms with Crippen molar-refractivity contribution in [1.29, 1.82) is 0 Å². The van der Waals surface area contributed by atoms with Gasteiger partial charge < -0.3 is 5.32 Å². The van der Waals surface area contributed by atoms with Gasteiger partial charge in [-0.15, -0.1) is 5.10 Å². The average molecular weight is 388 g/mol. The first-order valence-corrected chi connectivity index (χ1v) is 9.09. The van der Waals surface area contributed by atoms with E-state index in [9.17, 15) is 13.6 Å². The van der Waals surface area contributed by atoms with E-state index >= 15 is 0 Å². The molecule has 7 nitrogen and oxygen atoms in total. The second-order valence-corrected chi connectivity index (χ2v) is 6.93. The van der Waals surface area contributed by atoms with Crippen molar-refractivity contribution in [2.45, 2.75) is 29.7 Å². The van der Waals surface area contributed by atoms with E-state index in [-0.39, 0.29) is 22.4 Å². The Hall–Kier alpha value is -2.88. The normalized spacial score (nSPS) is 13.7. The molecule has 1 saturated carbocycles. The van der Waals surface area contributed by atoms with E-state index in [0.717, 1.165) is 18.4 Å². The molecule has 0 atom stereocenters. The van der Waals surface area contributed by atoms with Crippen molar-refractivity contribution >= 4 is 23.4 Å². The Balaban J connectivity index is 1.57. The summed E-state index contributed by atoms with van der Waals surface area (Å²) in [6.45, 7) is 0. The van der Waals surface area contributed by atoms with Gasteiger partial charge in [-0.3, -0.25) is 4.79 Å². The van der Waals surface area contributed by atoms with Crippen LogP contribution in [0.3, 0.4) is 0 Å². The van der Waals surface area contributed by atoms with E-state index < -0.39 is 11.7 Å². The number of aromatic nitrogens is 5. The summed E-state index contributed by atoms with van der Waals surface area (Å²) in [4.78, 5) is 16.4. The third-order valence-corrected chi connectivity index (χ3v) is 4.71. The molecule has 10 heteroatoms. The maximum absolute atomic E-state index is 12.7. The molecule has 1 amide bonds. The van der Waals surface area contributed by atoms with E-state index in [1.807, 2.05) is 6.07 Å². The van der Waals surface area contributed by atoms with Crippen LogP contribution in [0, 0.1) is 0 Å². The number of carbonyl (C=O) groups is 1. The zero-order valence-corrected chi connectivity index (χ0v) is 14.7. The lowest BCUT2D eigenvalue weighted by Gasteiger charge is -2.10. The molecule has 0 unspecified atom stereocenters. The standard InChI is InChI=1S/C17H14F2N6OS/c18-17(19)27-16-13(5-2-8-20-16)15(26)21-11-4-1-3-10(9-11)14-22-23-24-25(14)12-6-7-12/h1-5,8-9,12,17H,6-7H2,(H,21,26). The second kappa shape index (κ2) is 7.39. The number of anilines is 1. The maximum atomic E-state index is 12.7. The molecule has 138 valence electrons. The van der Waals surface area contributed by atoms with Gasteiger partial charge in [-0.25, -0.2) is 9.67 Å². The van der Waals surface area contributed by atoms with E-state index in [4.69, 9.17) is 0 Å². The molecule has 2 aromatic heterocycles. The Kier molecular flexibility index (Phi) is 4.80. The van der Waals surface area contributed by atoms with Gasteiger partial charge in [-0.1, -0.05) is 12.1 Å². The lowest BCUT2D eigenvalue weighted by Crippen LogP contribution is -2.14. The van der Waals surface area contributed by atoms with Crippen LogP contribution in [-0.2, 0) is 0 Å². The molecule has 0 aliphatic heterocycles. The SMILES string of the molecule is O=C(Nc1cccc(-c2nnnn2C2CC2)c1)c1cccnc1SC(F)F. The van der Waals surface area contributed by atoms with E-state index in [1.165, 1.54) is 18.3 Å². The van der Waals surface area contributed by atoms with Crippen LogP contribution < -0.4 is 5.32 Å². The molecule has 27 heavy (non-hydrogen) atoms. The molecule has 1 aliphatic rings. The predicted octanol–water partition coefficient (Wildman–Crippen LogP) is 3.64. The number of amides is 1. The van der Waals surface area contributed by atoms with Crippen LogP contribution in [0.15, 0.2) is 47.6 Å². The van der Waals surface area contributed by atoms with Gasteiger partial charge in [0.25, 0.3) is 11.7 Å². The first-order chi connectivity index (χ1) is 13.1. The Morgan fingerprint density at radius 3 is 2.89 bits per heavy atom. The van der Waals surface area contributed by atoms with Crippen molar-refractivity contribution in [3.05, 3.63) is 48.2 Å². The van der Waals surface area contributed by atoms with Crippen LogP contribution in [0.1, 0.15) is 29.2 Å². The van der Waals surface area contributed by atoms with Crippen molar-refractivity contribution < 1.29 is 13.6 Å². The van der Waals surface area contributed by atoms with Crippen molar-refractivity contribution in [3.63, 3.8) is 0 Å². The smallest absolute Gasteiger partial charge is 0.290 e. The summed E-state index contributed by atoms with van der Waals surface area (Å²) >= 11 is 0.242. The van der Waals surface area contributed by atoms with Gasteiger partial charge >= 0.3 is 0 Å². The fraction of sp³-hybridized carbons (Fsp3) is 0.235. The first kappa shape index (κ1) is 17.5. The van der Waals surface area contributed by atoms with Crippen LogP contribution in [0.4, 0.5) is 14.5 Å². The topological polar surface area (TPSA) is 85.6 Å². The molecule has 0 saturated heterocycles. The molecule has 2 heterocycles. The van der Waals surface area contributed by atoms with Crippen molar-refractivity contribution in [1.82, 2.24) is 25.2 Å². The van der Waals surface area contributed by atoms with E-state index in [0.29, 0.717) is 17.6 Å². The lowest BCUT2D eigenvalue weighted by atomic mass is 10.1. The number of carbonyl (C=O) groups excluding carboxylic acids is 1. The summed E-state index contributed by atoms with van der Waals surface area (Å²) in [6.07, 6.45) is 3.46. The van der Waals surface area contributed by atoms with Gasteiger partial charge in [0.15, 0.2) is 5.82 Å². The first-order valence-electron chi connectivity index (χ1n) is 8.21. The van der Waals surface area contributed by atoms with Crippen LogP contribution in [0.2, 0.25) is 0 Å². The third kappa shape index (κ3) is 3.95. The minimum atomic E-state index is -2.66. The molecule has 4 rings (SSSR count). The minimum Gasteiger partial charge on any atom is -0.322 e. The van der Waals surface area contributed by atoms with Gasteiger partial charge in [0.1, 0.15) is 5.03 Å². The number of nitrogens with one attached hydrogen (secondary N) is 1. The largest absolute Gasteiger partial charge is 0.322 e. The summed E-state index contributed by atoms with van der Waals surface area (Å²) in [6, 6.07) is 10.4.